The topological polar surface area (TPSA) is 67.7 Å². The Morgan fingerprint density at radius 1 is 1.32 bits per heavy atom. The highest BCUT2D eigenvalue weighted by Gasteiger charge is 2.65. The number of aromatic nitrogens is 2. The van der Waals surface area contributed by atoms with E-state index >= 15 is 0 Å². The largest absolute Gasteiger partial charge is 0.343 e. The molecule has 0 bridgehead atoms. The van der Waals surface area contributed by atoms with Crippen molar-refractivity contribution in [1.82, 2.24) is 19.6 Å². The number of nitrogens with zero attached hydrogens (tertiary/aromatic N) is 4. The van der Waals surface area contributed by atoms with Crippen molar-refractivity contribution in [2.45, 2.75) is 37.6 Å². The zero-order valence-corrected chi connectivity index (χ0v) is 16.5. The molecule has 7 nitrogen and oxygen atoms in total. The van der Waals surface area contributed by atoms with E-state index in [9.17, 15) is 9.59 Å². The molecule has 1 spiro atoms. The van der Waals surface area contributed by atoms with Crippen LogP contribution >= 0.6 is 11.6 Å². The van der Waals surface area contributed by atoms with Crippen molar-refractivity contribution in [3.05, 3.63) is 52.3 Å². The van der Waals surface area contributed by atoms with Crippen LogP contribution in [0.15, 0.2) is 30.3 Å². The van der Waals surface area contributed by atoms with Crippen LogP contribution in [0, 0.1) is 6.92 Å². The van der Waals surface area contributed by atoms with Gasteiger partial charge in [0.25, 0.3) is 5.91 Å². The van der Waals surface area contributed by atoms with Gasteiger partial charge < -0.3 is 14.5 Å². The lowest BCUT2D eigenvalue weighted by atomic mass is 10.1. The van der Waals surface area contributed by atoms with E-state index in [1.807, 2.05) is 35.2 Å². The lowest BCUT2D eigenvalue weighted by molar-refractivity contribution is -0.138. The second kappa shape index (κ2) is 6.06. The molecule has 3 aliphatic rings. The summed E-state index contributed by atoms with van der Waals surface area (Å²) in [6.07, 6.45) is 0.708. The average Bonchev–Trinajstić information content (AvgIpc) is 3.36. The van der Waals surface area contributed by atoms with Crippen LogP contribution in [-0.2, 0) is 16.6 Å². The number of amides is 2. The molecule has 4 heterocycles. The first-order valence-electron chi connectivity index (χ1n) is 9.45. The van der Waals surface area contributed by atoms with Crippen molar-refractivity contribution < 1.29 is 14.3 Å². The number of likely N-dealkylation sites (tertiary alicyclic amines) is 1. The number of rotatable bonds is 2. The van der Waals surface area contributed by atoms with Crippen LogP contribution < -0.4 is 0 Å². The first kappa shape index (κ1) is 17.7. The Kier molecular flexibility index (Phi) is 3.83. The zero-order chi connectivity index (χ0) is 19.6. The first-order valence-corrected chi connectivity index (χ1v) is 9.83. The fourth-order valence-corrected chi connectivity index (χ4v) is 5.15. The molecule has 8 heteroatoms. The minimum absolute atomic E-state index is 0.0354. The van der Waals surface area contributed by atoms with Gasteiger partial charge in [0.1, 0.15) is 11.8 Å². The Morgan fingerprint density at radius 3 is 2.75 bits per heavy atom. The molecule has 5 rings (SSSR count). The molecule has 146 valence electrons. The van der Waals surface area contributed by atoms with Gasteiger partial charge in [-0.1, -0.05) is 41.9 Å². The molecule has 0 unspecified atom stereocenters. The fraction of sp³-hybridized carbons (Fsp3) is 0.450. The first-order chi connectivity index (χ1) is 13.4. The summed E-state index contributed by atoms with van der Waals surface area (Å²) in [5.41, 5.74) is 1.28. The van der Waals surface area contributed by atoms with Gasteiger partial charge in [-0.25, -0.2) is 0 Å². The van der Waals surface area contributed by atoms with E-state index < -0.39 is 5.72 Å². The van der Waals surface area contributed by atoms with E-state index in [0.717, 1.165) is 5.56 Å². The smallest absolute Gasteiger partial charge is 0.274 e. The van der Waals surface area contributed by atoms with E-state index in [1.165, 1.54) is 4.68 Å². The Morgan fingerprint density at radius 2 is 2.07 bits per heavy atom. The number of ether oxygens (including phenoxy) is 1. The van der Waals surface area contributed by atoms with Gasteiger partial charge in [0.2, 0.25) is 5.91 Å². The van der Waals surface area contributed by atoms with Gasteiger partial charge in [0.05, 0.1) is 29.7 Å². The highest BCUT2D eigenvalue weighted by molar-refractivity contribution is 6.34. The predicted molar refractivity (Wildman–Crippen MR) is 102 cm³/mol. The number of carbonyl (C=O) groups excluding carboxylic acids is 2. The lowest BCUT2D eigenvalue weighted by Crippen LogP contribution is -2.49. The van der Waals surface area contributed by atoms with Gasteiger partial charge in [0, 0.05) is 20.0 Å². The number of benzene rings is 1. The fourth-order valence-electron chi connectivity index (χ4n) is 4.91. The molecule has 1 aromatic carbocycles. The Bertz CT molecular complexity index is 975. The molecule has 3 fully saturated rings. The summed E-state index contributed by atoms with van der Waals surface area (Å²) >= 11 is 6.33. The quantitative estimate of drug-likeness (QED) is 0.775. The predicted octanol–water partition coefficient (Wildman–Crippen LogP) is 2.30. The Labute approximate surface area is 167 Å². The van der Waals surface area contributed by atoms with Crippen molar-refractivity contribution in [3.8, 4) is 0 Å². The van der Waals surface area contributed by atoms with Gasteiger partial charge in [-0.05, 0) is 12.5 Å². The van der Waals surface area contributed by atoms with Crippen molar-refractivity contribution in [2.24, 2.45) is 7.05 Å². The van der Waals surface area contributed by atoms with Gasteiger partial charge in [-0.3, -0.25) is 14.3 Å². The van der Waals surface area contributed by atoms with Gasteiger partial charge in [-0.2, -0.15) is 5.10 Å². The van der Waals surface area contributed by atoms with E-state index in [-0.39, 0.29) is 30.4 Å². The van der Waals surface area contributed by atoms with Gasteiger partial charge in [-0.15, -0.1) is 0 Å². The molecular formula is C20H21ClN4O3. The highest BCUT2D eigenvalue weighted by atomic mass is 35.5. The van der Waals surface area contributed by atoms with Crippen LogP contribution in [0.1, 0.15) is 40.7 Å². The number of carbonyl (C=O) groups is 2. The average molecular weight is 401 g/mol. The molecular weight excluding hydrogens is 380 g/mol. The van der Waals surface area contributed by atoms with E-state index in [4.69, 9.17) is 16.3 Å². The number of halogens is 1. The van der Waals surface area contributed by atoms with Crippen LogP contribution in [0.2, 0.25) is 5.02 Å². The molecule has 3 atom stereocenters. The molecule has 0 N–H and O–H groups in total. The second-order valence-electron chi connectivity index (χ2n) is 7.71. The Hall–Kier alpha value is -2.38. The second-order valence-corrected chi connectivity index (χ2v) is 8.08. The summed E-state index contributed by atoms with van der Waals surface area (Å²) in [5.74, 6) is -0.162. The maximum atomic E-state index is 13.3. The van der Waals surface area contributed by atoms with Gasteiger partial charge >= 0.3 is 0 Å². The highest BCUT2D eigenvalue weighted by Crippen LogP contribution is 2.51. The molecule has 3 saturated heterocycles. The van der Waals surface area contributed by atoms with Crippen LogP contribution in [0.3, 0.4) is 0 Å². The summed E-state index contributed by atoms with van der Waals surface area (Å²) in [7, 11) is 1.71. The standard InChI is InChI=1S/C20H21ClN4O3/c1-12-17(21)18(23(2)22-12)19(27)24-9-8-20-15(24)10-16(26)25(20)11-14(28-20)13-6-4-3-5-7-13/h3-7,14-15H,8-11H2,1-2H3/t14-,15-,20+/m1/s1. The molecule has 28 heavy (non-hydrogen) atoms. The summed E-state index contributed by atoms with van der Waals surface area (Å²) in [6.45, 7) is 2.82. The normalized spacial score (nSPS) is 28.8. The van der Waals surface area contributed by atoms with Crippen LogP contribution in [0.5, 0.6) is 0 Å². The van der Waals surface area contributed by atoms with Crippen LogP contribution in [0.25, 0.3) is 0 Å². The van der Waals surface area contributed by atoms with Crippen molar-refractivity contribution in [2.75, 3.05) is 13.1 Å². The summed E-state index contributed by atoms with van der Waals surface area (Å²) in [4.78, 5) is 29.6. The number of hydrogen-bond acceptors (Lipinski definition) is 4. The van der Waals surface area contributed by atoms with Crippen molar-refractivity contribution in [3.63, 3.8) is 0 Å². The third-order valence-corrected chi connectivity index (χ3v) is 6.66. The Balaban J connectivity index is 1.47. The van der Waals surface area contributed by atoms with Crippen molar-refractivity contribution in [1.29, 1.82) is 0 Å². The third-order valence-electron chi connectivity index (χ3n) is 6.21. The lowest BCUT2D eigenvalue weighted by Gasteiger charge is -2.32. The van der Waals surface area contributed by atoms with E-state index in [2.05, 4.69) is 5.10 Å². The van der Waals surface area contributed by atoms with Gasteiger partial charge in [0.15, 0.2) is 5.72 Å². The van der Waals surface area contributed by atoms with E-state index in [0.29, 0.717) is 35.9 Å². The molecule has 0 radical (unpaired) electrons. The molecule has 2 aromatic rings. The molecule has 0 aliphatic carbocycles. The zero-order valence-electron chi connectivity index (χ0n) is 15.8. The third kappa shape index (κ3) is 2.29. The molecule has 0 saturated carbocycles. The number of aryl methyl sites for hydroxylation is 2. The monoisotopic (exact) mass is 400 g/mol. The minimum atomic E-state index is -0.743. The van der Waals surface area contributed by atoms with E-state index in [1.54, 1.807) is 18.9 Å². The summed E-state index contributed by atoms with van der Waals surface area (Å²) in [6, 6.07) is 9.61. The van der Waals surface area contributed by atoms with Crippen molar-refractivity contribution >= 4 is 23.4 Å². The van der Waals surface area contributed by atoms with Crippen LogP contribution in [0.4, 0.5) is 0 Å². The summed E-state index contributed by atoms with van der Waals surface area (Å²) in [5, 5.41) is 4.61. The summed E-state index contributed by atoms with van der Waals surface area (Å²) < 4.78 is 8.01. The maximum Gasteiger partial charge on any atom is 0.274 e. The minimum Gasteiger partial charge on any atom is -0.343 e. The maximum absolute atomic E-state index is 13.3. The van der Waals surface area contributed by atoms with Crippen LogP contribution in [-0.4, -0.2) is 56.3 Å². The number of hydrogen-bond donors (Lipinski definition) is 0. The SMILES string of the molecule is Cc1nn(C)c(C(=O)N2CC[C@@]34O[C@@H](c5ccccc5)CN3C(=O)C[C@@H]24)c1Cl. The molecule has 2 amide bonds. The molecule has 3 aliphatic heterocycles. The molecule has 1 aromatic heterocycles.